The van der Waals surface area contributed by atoms with E-state index in [0.29, 0.717) is 23.9 Å². The molecule has 0 spiro atoms. The minimum atomic E-state index is -0.454. The van der Waals surface area contributed by atoms with Crippen LogP contribution in [0.15, 0.2) is 18.2 Å². The molecule has 0 radical (unpaired) electrons. The van der Waals surface area contributed by atoms with Crippen LogP contribution in [-0.2, 0) is 4.79 Å². The van der Waals surface area contributed by atoms with E-state index >= 15 is 0 Å². The quantitative estimate of drug-likeness (QED) is 0.798. The third kappa shape index (κ3) is 3.16. The van der Waals surface area contributed by atoms with Crippen molar-refractivity contribution in [2.24, 2.45) is 0 Å². The number of ether oxygens (including phenoxy) is 1. The van der Waals surface area contributed by atoms with Crippen LogP contribution in [0.25, 0.3) is 0 Å². The Morgan fingerprint density at radius 1 is 1.45 bits per heavy atom. The van der Waals surface area contributed by atoms with Crippen molar-refractivity contribution in [2.75, 3.05) is 5.32 Å². The van der Waals surface area contributed by atoms with Gasteiger partial charge in [0.1, 0.15) is 5.75 Å². The number of fused-ring (bicyclic) bond motifs is 1. The molecule has 1 aromatic carbocycles. The first kappa shape index (κ1) is 14.7. The number of rotatable bonds is 4. The van der Waals surface area contributed by atoms with E-state index in [2.05, 4.69) is 16.0 Å². The monoisotopic (exact) mass is 303 g/mol. The Hall–Kier alpha value is -2.24. The molecular formula is C16H21N3O3. The summed E-state index contributed by atoms with van der Waals surface area (Å²) in [5.74, 6) is 0.540. The molecule has 3 amide bonds. The largest absolute Gasteiger partial charge is 0.478 e. The summed E-state index contributed by atoms with van der Waals surface area (Å²) in [7, 11) is 0. The lowest BCUT2D eigenvalue weighted by Crippen LogP contribution is -2.38. The zero-order valence-corrected chi connectivity index (χ0v) is 12.8. The third-order valence-corrected chi connectivity index (χ3v) is 3.96. The van der Waals surface area contributed by atoms with Crippen LogP contribution in [0.4, 0.5) is 10.5 Å². The average Bonchev–Trinajstić information content (AvgIpc) is 3.29. The summed E-state index contributed by atoms with van der Waals surface area (Å²) in [4.78, 5) is 23.6. The number of urea groups is 1. The van der Waals surface area contributed by atoms with Crippen molar-refractivity contribution in [3.63, 3.8) is 0 Å². The second-order valence-electron chi connectivity index (χ2n) is 5.87. The maximum absolute atomic E-state index is 11.8. The number of hydrogen-bond donors (Lipinski definition) is 3. The molecule has 6 nitrogen and oxygen atoms in total. The highest BCUT2D eigenvalue weighted by Gasteiger charge is 2.27. The van der Waals surface area contributed by atoms with Crippen molar-refractivity contribution in [2.45, 2.75) is 51.3 Å². The van der Waals surface area contributed by atoms with Gasteiger partial charge in [0.05, 0.1) is 11.7 Å². The highest BCUT2D eigenvalue weighted by atomic mass is 16.5. The zero-order chi connectivity index (χ0) is 15.7. The molecule has 2 aliphatic rings. The summed E-state index contributed by atoms with van der Waals surface area (Å²) in [5.41, 5.74) is 1.61. The van der Waals surface area contributed by atoms with Crippen molar-refractivity contribution in [1.82, 2.24) is 10.6 Å². The fourth-order valence-corrected chi connectivity index (χ4v) is 2.43. The molecule has 0 unspecified atom stereocenters. The number of carbonyl (C=O) groups is 2. The van der Waals surface area contributed by atoms with Gasteiger partial charge in [-0.1, -0.05) is 13.0 Å². The first-order valence-corrected chi connectivity index (χ1v) is 7.75. The summed E-state index contributed by atoms with van der Waals surface area (Å²) in [6.07, 6.45) is 2.29. The summed E-state index contributed by atoms with van der Waals surface area (Å²) in [6, 6.07) is 5.63. The van der Waals surface area contributed by atoms with Gasteiger partial charge in [0, 0.05) is 6.04 Å². The fraction of sp³-hybridized carbons (Fsp3) is 0.500. The highest BCUT2D eigenvalue weighted by Crippen LogP contribution is 2.33. The highest BCUT2D eigenvalue weighted by molar-refractivity contribution is 5.97. The molecule has 1 heterocycles. The smallest absolute Gasteiger partial charge is 0.315 e. The molecule has 1 aliphatic carbocycles. The van der Waals surface area contributed by atoms with E-state index in [9.17, 15) is 9.59 Å². The van der Waals surface area contributed by atoms with Crippen LogP contribution in [0, 0.1) is 0 Å². The normalized spacial score (nSPS) is 21.2. The Balaban J connectivity index is 1.69. The van der Waals surface area contributed by atoms with E-state index in [-0.39, 0.29) is 18.0 Å². The maximum Gasteiger partial charge on any atom is 0.315 e. The van der Waals surface area contributed by atoms with Crippen LogP contribution < -0.4 is 20.7 Å². The Morgan fingerprint density at radius 3 is 2.91 bits per heavy atom. The fourth-order valence-electron chi connectivity index (χ4n) is 2.43. The second-order valence-corrected chi connectivity index (χ2v) is 5.87. The Labute approximate surface area is 129 Å². The van der Waals surface area contributed by atoms with E-state index in [0.717, 1.165) is 18.4 Å². The molecular weight excluding hydrogens is 282 g/mol. The predicted octanol–water partition coefficient (Wildman–Crippen LogP) is 2.32. The lowest BCUT2D eigenvalue weighted by molar-refractivity contribution is -0.123. The standard InChI is InChI=1S/C16H21N3O3/c1-3-13-15(20)19-12-7-4-10(8-14(12)22-13)9(2)17-16(21)18-11-5-6-11/h4,7-9,11,13H,3,5-6H2,1-2H3,(H,19,20)(H2,17,18,21)/t9-,13+/m1/s1. The SMILES string of the molecule is CC[C@@H]1Oc2cc([C@@H](C)NC(=O)NC3CC3)ccc2NC1=O. The first-order valence-electron chi connectivity index (χ1n) is 7.75. The van der Waals surface area contributed by atoms with E-state index < -0.39 is 6.10 Å². The van der Waals surface area contributed by atoms with Gasteiger partial charge >= 0.3 is 6.03 Å². The maximum atomic E-state index is 11.8. The van der Waals surface area contributed by atoms with Crippen molar-refractivity contribution < 1.29 is 14.3 Å². The lowest BCUT2D eigenvalue weighted by Gasteiger charge is -2.26. The van der Waals surface area contributed by atoms with Gasteiger partial charge < -0.3 is 20.7 Å². The molecule has 1 aliphatic heterocycles. The number of nitrogens with one attached hydrogen (secondary N) is 3. The molecule has 1 fully saturated rings. The second kappa shape index (κ2) is 5.87. The van der Waals surface area contributed by atoms with Gasteiger partial charge in [-0.05, 0) is 43.9 Å². The summed E-state index contributed by atoms with van der Waals surface area (Å²) in [5, 5.41) is 8.65. The van der Waals surface area contributed by atoms with Gasteiger partial charge in [-0.25, -0.2) is 4.79 Å². The topological polar surface area (TPSA) is 79.5 Å². The average molecular weight is 303 g/mol. The summed E-state index contributed by atoms with van der Waals surface area (Å²) < 4.78 is 5.72. The number of anilines is 1. The lowest BCUT2D eigenvalue weighted by atomic mass is 10.1. The van der Waals surface area contributed by atoms with Crippen molar-refractivity contribution >= 4 is 17.6 Å². The summed E-state index contributed by atoms with van der Waals surface area (Å²) in [6.45, 7) is 3.83. The Kier molecular flexibility index (Phi) is 3.92. The number of hydrogen-bond acceptors (Lipinski definition) is 3. The van der Waals surface area contributed by atoms with Gasteiger partial charge in [0.25, 0.3) is 5.91 Å². The third-order valence-electron chi connectivity index (χ3n) is 3.96. The van der Waals surface area contributed by atoms with Crippen LogP contribution in [0.3, 0.4) is 0 Å². The van der Waals surface area contributed by atoms with E-state index in [4.69, 9.17) is 4.74 Å². The van der Waals surface area contributed by atoms with Crippen molar-refractivity contribution in [3.05, 3.63) is 23.8 Å². The molecule has 3 rings (SSSR count). The molecule has 1 aromatic rings. The molecule has 1 saturated carbocycles. The van der Waals surface area contributed by atoms with Crippen LogP contribution in [0.2, 0.25) is 0 Å². The Bertz CT molecular complexity index is 598. The van der Waals surface area contributed by atoms with Crippen molar-refractivity contribution in [1.29, 1.82) is 0 Å². The van der Waals surface area contributed by atoms with Gasteiger partial charge in [-0.3, -0.25) is 4.79 Å². The minimum absolute atomic E-state index is 0.113. The Morgan fingerprint density at radius 2 is 2.23 bits per heavy atom. The van der Waals surface area contributed by atoms with E-state index in [1.54, 1.807) is 0 Å². The number of amides is 3. The predicted molar refractivity (Wildman–Crippen MR) is 82.9 cm³/mol. The molecule has 0 aromatic heterocycles. The van der Waals surface area contributed by atoms with Gasteiger partial charge in [0.2, 0.25) is 0 Å². The van der Waals surface area contributed by atoms with Crippen LogP contribution in [0.1, 0.15) is 44.7 Å². The van der Waals surface area contributed by atoms with Crippen LogP contribution >= 0.6 is 0 Å². The van der Waals surface area contributed by atoms with Crippen molar-refractivity contribution in [3.8, 4) is 5.75 Å². The minimum Gasteiger partial charge on any atom is -0.478 e. The van der Waals surface area contributed by atoms with E-state index in [1.165, 1.54) is 0 Å². The molecule has 22 heavy (non-hydrogen) atoms. The molecule has 6 heteroatoms. The van der Waals surface area contributed by atoms with Crippen LogP contribution in [-0.4, -0.2) is 24.1 Å². The van der Waals surface area contributed by atoms with Gasteiger partial charge in [0.15, 0.2) is 6.10 Å². The van der Waals surface area contributed by atoms with Gasteiger partial charge in [-0.2, -0.15) is 0 Å². The first-order chi connectivity index (χ1) is 10.6. The molecule has 0 bridgehead atoms. The molecule has 2 atom stereocenters. The number of benzene rings is 1. The molecule has 3 N–H and O–H groups in total. The van der Waals surface area contributed by atoms with Crippen LogP contribution in [0.5, 0.6) is 5.75 Å². The summed E-state index contributed by atoms with van der Waals surface area (Å²) >= 11 is 0. The number of carbonyl (C=O) groups excluding carboxylic acids is 2. The zero-order valence-electron chi connectivity index (χ0n) is 12.8. The van der Waals surface area contributed by atoms with E-state index in [1.807, 2.05) is 32.0 Å². The molecule has 0 saturated heterocycles. The molecule has 118 valence electrons. The van der Waals surface area contributed by atoms with Gasteiger partial charge in [-0.15, -0.1) is 0 Å².